The number of hydrogen-bond donors (Lipinski definition) is 1. The highest BCUT2D eigenvalue weighted by molar-refractivity contribution is 8.26. The van der Waals surface area contributed by atoms with Gasteiger partial charge in [-0.25, -0.2) is 9.97 Å². The van der Waals surface area contributed by atoms with Crippen LogP contribution in [0.3, 0.4) is 0 Å². The van der Waals surface area contributed by atoms with Crippen LogP contribution < -0.4 is 0 Å². The minimum absolute atomic E-state index is 0.00486. The maximum atomic E-state index is 12.4. The van der Waals surface area contributed by atoms with Gasteiger partial charge in [0.15, 0.2) is 5.82 Å². The summed E-state index contributed by atoms with van der Waals surface area (Å²) in [6.07, 6.45) is 5.39. The summed E-state index contributed by atoms with van der Waals surface area (Å²) >= 11 is 6.43. The molecule has 0 bridgehead atoms. The van der Waals surface area contributed by atoms with Crippen molar-refractivity contribution >= 4 is 46.3 Å². The standard InChI is InChI=1S/C18H15N3O3S2/c22-15(23)7-4-8-21-17(24)14(26-18(21)25)9-12-10-19-16(20-11-12)13-5-2-1-3-6-13/h1-3,5-6,9-11H,4,7-8H2,(H,22,23)/b14-9-. The minimum atomic E-state index is -0.887. The van der Waals surface area contributed by atoms with Crippen LogP contribution >= 0.6 is 24.0 Å². The molecule has 0 spiro atoms. The van der Waals surface area contributed by atoms with Gasteiger partial charge in [-0.05, 0) is 12.5 Å². The van der Waals surface area contributed by atoms with Gasteiger partial charge in [0.1, 0.15) is 4.32 Å². The van der Waals surface area contributed by atoms with E-state index in [-0.39, 0.29) is 12.3 Å². The molecule has 3 rings (SSSR count). The molecule has 1 aliphatic heterocycles. The highest BCUT2D eigenvalue weighted by Gasteiger charge is 2.31. The summed E-state index contributed by atoms with van der Waals surface area (Å²) < 4.78 is 0.438. The normalized spacial score (nSPS) is 15.7. The summed E-state index contributed by atoms with van der Waals surface area (Å²) in [5.41, 5.74) is 1.62. The number of carbonyl (C=O) groups excluding carboxylic acids is 1. The first kappa shape index (κ1) is 18.2. The van der Waals surface area contributed by atoms with Crippen LogP contribution in [0.4, 0.5) is 0 Å². The first-order chi connectivity index (χ1) is 12.5. The van der Waals surface area contributed by atoms with Crippen molar-refractivity contribution in [2.24, 2.45) is 0 Å². The summed E-state index contributed by atoms with van der Waals surface area (Å²) in [7, 11) is 0. The molecule has 2 heterocycles. The van der Waals surface area contributed by atoms with Gasteiger partial charge in [0.25, 0.3) is 5.91 Å². The summed E-state index contributed by atoms with van der Waals surface area (Å²) in [4.78, 5) is 33.6. The lowest BCUT2D eigenvalue weighted by Crippen LogP contribution is -2.29. The highest BCUT2D eigenvalue weighted by Crippen LogP contribution is 2.32. The Bertz CT molecular complexity index is 867. The lowest BCUT2D eigenvalue weighted by Gasteiger charge is -2.13. The van der Waals surface area contributed by atoms with Gasteiger partial charge < -0.3 is 5.11 Å². The number of benzene rings is 1. The van der Waals surface area contributed by atoms with Crippen molar-refractivity contribution in [2.45, 2.75) is 12.8 Å². The number of thioether (sulfide) groups is 1. The van der Waals surface area contributed by atoms with Gasteiger partial charge in [0.2, 0.25) is 0 Å². The summed E-state index contributed by atoms with van der Waals surface area (Å²) in [5, 5.41) is 8.70. The van der Waals surface area contributed by atoms with Crippen molar-refractivity contribution in [3.05, 3.63) is 53.2 Å². The molecule has 1 aliphatic rings. The molecule has 26 heavy (non-hydrogen) atoms. The Morgan fingerprint density at radius 1 is 1.23 bits per heavy atom. The third-order valence-corrected chi connectivity index (χ3v) is 5.03. The Balaban J connectivity index is 1.71. The van der Waals surface area contributed by atoms with Crippen LogP contribution in [0.5, 0.6) is 0 Å². The van der Waals surface area contributed by atoms with Crippen molar-refractivity contribution in [1.82, 2.24) is 14.9 Å². The van der Waals surface area contributed by atoms with Crippen LogP contribution in [-0.2, 0) is 9.59 Å². The van der Waals surface area contributed by atoms with Crippen LogP contribution in [0.25, 0.3) is 17.5 Å². The van der Waals surface area contributed by atoms with Crippen LogP contribution in [0, 0.1) is 0 Å². The molecular formula is C18H15N3O3S2. The van der Waals surface area contributed by atoms with Crippen molar-refractivity contribution in [2.75, 3.05) is 6.54 Å². The Morgan fingerprint density at radius 3 is 2.58 bits per heavy atom. The number of nitrogens with zero attached hydrogens (tertiary/aromatic N) is 3. The zero-order valence-corrected chi connectivity index (χ0v) is 15.3. The molecule has 0 atom stereocenters. The minimum Gasteiger partial charge on any atom is -0.481 e. The number of thiocarbonyl (C=S) groups is 1. The number of carboxylic acid groups (broad SMARTS) is 1. The van der Waals surface area contributed by atoms with E-state index in [9.17, 15) is 9.59 Å². The molecular weight excluding hydrogens is 370 g/mol. The molecule has 8 heteroatoms. The molecule has 1 saturated heterocycles. The lowest BCUT2D eigenvalue weighted by molar-refractivity contribution is -0.137. The van der Waals surface area contributed by atoms with E-state index in [1.165, 1.54) is 16.7 Å². The molecule has 1 aromatic heterocycles. The predicted molar refractivity (Wildman–Crippen MR) is 104 cm³/mol. The quantitative estimate of drug-likeness (QED) is 0.604. The van der Waals surface area contributed by atoms with Crippen LogP contribution in [0.2, 0.25) is 0 Å². The molecule has 2 aromatic rings. The average molecular weight is 385 g/mol. The highest BCUT2D eigenvalue weighted by atomic mass is 32.2. The number of rotatable bonds is 6. The van der Waals surface area contributed by atoms with Gasteiger partial charge in [-0.1, -0.05) is 54.3 Å². The Morgan fingerprint density at radius 2 is 1.92 bits per heavy atom. The Labute approximate surface area is 160 Å². The van der Waals surface area contributed by atoms with Crippen LogP contribution in [0.15, 0.2) is 47.6 Å². The molecule has 1 fully saturated rings. The average Bonchev–Trinajstić information content (AvgIpc) is 2.90. The number of hydrogen-bond acceptors (Lipinski definition) is 6. The summed E-state index contributed by atoms with van der Waals surface area (Å²) in [6.45, 7) is 0.303. The summed E-state index contributed by atoms with van der Waals surface area (Å²) in [6, 6.07) is 9.62. The van der Waals surface area contributed by atoms with E-state index < -0.39 is 5.97 Å². The fourth-order valence-corrected chi connectivity index (χ4v) is 3.69. The second-order valence-corrected chi connectivity index (χ2v) is 7.21. The molecule has 0 radical (unpaired) electrons. The lowest BCUT2D eigenvalue weighted by atomic mass is 10.2. The number of aromatic nitrogens is 2. The van der Waals surface area contributed by atoms with Gasteiger partial charge in [-0.2, -0.15) is 0 Å². The maximum absolute atomic E-state index is 12.4. The van der Waals surface area contributed by atoms with E-state index in [4.69, 9.17) is 17.3 Å². The molecule has 1 aromatic carbocycles. The molecule has 132 valence electrons. The molecule has 6 nitrogen and oxygen atoms in total. The van der Waals surface area contributed by atoms with E-state index in [0.29, 0.717) is 33.6 Å². The van der Waals surface area contributed by atoms with Gasteiger partial charge in [-0.15, -0.1) is 0 Å². The zero-order chi connectivity index (χ0) is 18.5. The Kier molecular flexibility index (Phi) is 5.75. The van der Waals surface area contributed by atoms with Crippen LogP contribution in [0.1, 0.15) is 18.4 Å². The first-order valence-corrected chi connectivity index (χ1v) is 9.11. The fourth-order valence-electron chi connectivity index (χ4n) is 2.38. The largest absolute Gasteiger partial charge is 0.481 e. The molecule has 0 unspecified atom stereocenters. The van der Waals surface area contributed by atoms with E-state index in [1.54, 1.807) is 18.5 Å². The van der Waals surface area contributed by atoms with E-state index >= 15 is 0 Å². The first-order valence-electron chi connectivity index (χ1n) is 7.89. The van der Waals surface area contributed by atoms with Gasteiger partial charge >= 0.3 is 5.97 Å². The number of amides is 1. The van der Waals surface area contributed by atoms with E-state index in [1.807, 2.05) is 30.3 Å². The number of carbonyl (C=O) groups is 2. The zero-order valence-electron chi connectivity index (χ0n) is 13.7. The predicted octanol–water partition coefficient (Wildman–Crippen LogP) is 3.21. The topological polar surface area (TPSA) is 83.4 Å². The van der Waals surface area contributed by atoms with E-state index in [2.05, 4.69) is 9.97 Å². The van der Waals surface area contributed by atoms with Crippen molar-refractivity contribution < 1.29 is 14.7 Å². The van der Waals surface area contributed by atoms with Gasteiger partial charge in [0.05, 0.1) is 4.91 Å². The third kappa shape index (κ3) is 4.33. The maximum Gasteiger partial charge on any atom is 0.303 e. The van der Waals surface area contributed by atoms with E-state index in [0.717, 1.165) is 5.56 Å². The Hall–Kier alpha value is -2.58. The molecule has 1 N–H and O–H groups in total. The third-order valence-electron chi connectivity index (χ3n) is 3.65. The molecule has 0 saturated carbocycles. The van der Waals surface area contributed by atoms with Crippen molar-refractivity contribution in [3.63, 3.8) is 0 Å². The van der Waals surface area contributed by atoms with Gasteiger partial charge in [-0.3, -0.25) is 14.5 Å². The number of carboxylic acids is 1. The number of aliphatic carboxylic acids is 1. The van der Waals surface area contributed by atoms with Crippen molar-refractivity contribution in [1.29, 1.82) is 0 Å². The van der Waals surface area contributed by atoms with Gasteiger partial charge in [0, 0.05) is 36.5 Å². The smallest absolute Gasteiger partial charge is 0.303 e. The monoisotopic (exact) mass is 385 g/mol. The SMILES string of the molecule is O=C(O)CCCN1C(=O)/C(=C/c2cnc(-c3ccccc3)nc2)SC1=S. The van der Waals surface area contributed by atoms with Crippen molar-refractivity contribution in [3.8, 4) is 11.4 Å². The second kappa shape index (κ2) is 8.20. The fraction of sp³-hybridized carbons (Fsp3) is 0.167. The summed E-state index contributed by atoms with van der Waals surface area (Å²) in [5.74, 6) is -0.483. The molecule has 0 aliphatic carbocycles. The van der Waals surface area contributed by atoms with Crippen LogP contribution in [-0.4, -0.2) is 42.7 Å². The second-order valence-electron chi connectivity index (χ2n) is 5.54. The molecule has 1 amide bonds.